The molecule has 4 heterocycles. The summed E-state index contributed by atoms with van der Waals surface area (Å²) < 4.78 is 127. The molecule has 490 valence electrons. The second kappa shape index (κ2) is 26.5. The summed E-state index contributed by atoms with van der Waals surface area (Å²) in [7, 11) is -11.1. The van der Waals surface area contributed by atoms with E-state index in [-0.39, 0.29) is 40.4 Å². The number of nitrogens with zero attached hydrogens (tertiary/aromatic N) is 5. The Morgan fingerprint density at radius 1 is 0.758 bits per heavy atom. The van der Waals surface area contributed by atoms with Gasteiger partial charge in [-0.1, -0.05) is 55.7 Å². The van der Waals surface area contributed by atoms with E-state index in [1.165, 1.54) is 35.0 Å². The van der Waals surface area contributed by atoms with Gasteiger partial charge in [-0.05, 0) is 148 Å². The normalized spacial score (nSPS) is 23.6. The number of hydrogen-bond acceptors (Lipinski definition) is 16. The largest absolute Gasteiger partial charge is 0.501 e. The molecule has 12 rings (SSSR count). The lowest BCUT2D eigenvalue weighted by Crippen LogP contribution is -2.66. The number of carbonyl (C=O) groups is 5. The van der Waals surface area contributed by atoms with E-state index in [2.05, 4.69) is 49.4 Å². The third-order valence-corrected chi connectivity index (χ3v) is 23.5. The lowest BCUT2D eigenvalue weighted by Gasteiger charge is -2.72. The number of anilines is 3. The second-order valence-corrected chi connectivity index (χ2v) is 31.0. The van der Waals surface area contributed by atoms with Crippen molar-refractivity contribution in [1.29, 1.82) is 0 Å². The van der Waals surface area contributed by atoms with E-state index >= 15 is 0 Å². The summed E-state index contributed by atoms with van der Waals surface area (Å²) in [4.78, 5) is 73.3. The van der Waals surface area contributed by atoms with Gasteiger partial charge in [0.1, 0.15) is 10.9 Å². The minimum atomic E-state index is -6.15. The average Bonchev–Trinajstić information content (AvgIpc) is 1.16. The molecule has 6 fully saturated rings. The Balaban J connectivity index is 0.667. The fourth-order valence-electron chi connectivity index (χ4n) is 14.3. The number of benzene rings is 4. The van der Waals surface area contributed by atoms with E-state index in [0.717, 1.165) is 105 Å². The molecule has 4 aliphatic carbocycles. The van der Waals surface area contributed by atoms with Gasteiger partial charge in [-0.3, -0.25) is 39.1 Å². The third-order valence-electron chi connectivity index (χ3n) is 19.5. The van der Waals surface area contributed by atoms with Crippen molar-refractivity contribution < 1.29 is 62.8 Å². The maximum absolute atomic E-state index is 14.5. The van der Waals surface area contributed by atoms with Crippen LogP contribution in [0, 0.1) is 16.2 Å². The van der Waals surface area contributed by atoms with Crippen molar-refractivity contribution >= 4 is 78.2 Å². The minimum absolute atomic E-state index is 0.0274. The molecule has 2 bridgehead atoms. The Hall–Kier alpha value is -6.45. The first kappa shape index (κ1) is 66.0. The number of nitrogens with one attached hydrogen (secondary N) is 4. The number of sulfone groups is 1. The number of piperidine rings is 1. The molecular weight excluding hydrogens is 1240 g/mol. The van der Waals surface area contributed by atoms with Crippen molar-refractivity contribution in [2.24, 2.45) is 16.2 Å². The SMILES string of the molecule is CC1(C)CCC(CN2CCN(c3ccc(C(=O)NS(=O)(=O)c4ccc(NC(CCN5CCN(CCCCCNc6cccc7c6C(=O)N(C6CCC(=O)NC6=O)C7=O)CC5)CSc5ccccc5)c(S(=O)(=O)C(F)(F)F)c4)cc3)CC2)=C(C23CC(C(F)F)(C2)C3)C1. The Morgan fingerprint density at radius 2 is 1.44 bits per heavy atom. The van der Waals surface area contributed by atoms with Crippen molar-refractivity contribution in [3.63, 3.8) is 0 Å². The highest BCUT2D eigenvalue weighted by molar-refractivity contribution is 7.99. The summed E-state index contributed by atoms with van der Waals surface area (Å²) in [6.07, 6.45) is 5.45. The topological polar surface area (TPSA) is 218 Å². The van der Waals surface area contributed by atoms with E-state index in [1.807, 2.05) is 35.1 Å². The van der Waals surface area contributed by atoms with Gasteiger partial charge in [-0.2, -0.15) is 13.2 Å². The number of fused-ring (bicyclic) bond motifs is 1. The van der Waals surface area contributed by atoms with E-state index in [1.54, 1.807) is 30.3 Å². The summed E-state index contributed by atoms with van der Waals surface area (Å²) in [6, 6.07) is 21.3. The Bertz CT molecular complexity index is 3670. The molecule has 0 radical (unpaired) electrons. The van der Waals surface area contributed by atoms with Crippen LogP contribution < -0.4 is 25.6 Å². The number of halogens is 5. The van der Waals surface area contributed by atoms with E-state index in [9.17, 15) is 62.8 Å². The van der Waals surface area contributed by atoms with Crippen LogP contribution in [0.3, 0.4) is 0 Å². The zero-order valence-corrected chi connectivity index (χ0v) is 53.5. The van der Waals surface area contributed by atoms with Gasteiger partial charge in [0.2, 0.25) is 18.2 Å². The number of hydrogen-bond donors (Lipinski definition) is 4. The molecule has 8 aliphatic rings. The van der Waals surface area contributed by atoms with Crippen LogP contribution in [0.2, 0.25) is 0 Å². The standard InChI is InChI=1S/C65H78F5N9O9S3/c1-62(2)24-22-44(50(37-62)63-40-64(41-63,42-63)61(66)67)38-77-32-34-78(35-33-77)46-16-14-43(15-17-46)57(81)74-91(87,88)48-18-19-51(54(36-48)90(85,86)65(68,69)70)72-45(39-89-47-10-5-3-6-11-47)23-27-76-30-28-75(29-31-76)26-8-4-7-25-71-52-13-9-12-49-56(52)60(84)79(59(49)83)53-20-21-55(80)73-58(53)82/h3,5-6,9-19,36,45,53,61,71-72H,4,7-8,20-35,37-42H2,1-2H3,(H,74,81)(H,73,80,82). The fourth-order valence-corrected chi connectivity index (χ4v) is 17.4. The average molecular weight is 1320 g/mol. The Morgan fingerprint density at radius 3 is 2.11 bits per heavy atom. The Labute approximate surface area is 532 Å². The lowest BCUT2D eigenvalue weighted by molar-refractivity contribution is -0.250. The van der Waals surface area contributed by atoms with Crippen molar-refractivity contribution in [3.8, 4) is 0 Å². The van der Waals surface area contributed by atoms with Gasteiger partial charge in [0, 0.05) is 117 Å². The molecule has 3 saturated heterocycles. The van der Waals surface area contributed by atoms with Gasteiger partial charge >= 0.3 is 5.51 Å². The van der Waals surface area contributed by atoms with Crippen LogP contribution in [0.15, 0.2) is 117 Å². The van der Waals surface area contributed by atoms with Gasteiger partial charge in [-0.25, -0.2) is 30.3 Å². The van der Waals surface area contributed by atoms with Crippen LogP contribution in [0.1, 0.15) is 122 Å². The highest BCUT2D eigenvalue weighted by Gasteiger charge is 2.73. The first-order valence-corrected chi connectivity index (χ1v) is 35.3. The number of alkyl halides is 5. The third kappa shape index (κ3) is 14.2. The molecule has 3 saturated carbocycles. The van der Waals surface area contributed by atoms with E-state index in [4.69, 9.17) is 0 Å². The zero-order chi connectivity index (χ0) is 64.7. The number of allylic oxidation sites excluding steroid dienone is 1. The molecule has 26 heteroatoms. The van der Waals surface area contributed by atoms with Crippen LogP contribution in [-0.4, -0.2) is 174 Å². The van der Waals surface area contributed by atoms with Crippen molar-refractivity contribution in [2.75, 3.05) is 99.8 Å². The summed E-state index contributed by atoms with van der Waals surface area (Å²) >= 11 is 1.42. The number of imide groups is 2. The quantitative estimate of drug-likeness (QED) is 0.0160. The second-order valence-electron chi connectivity index (χ2n) is 26.3. The smallest absolute Gasteiger partial charge is 0.384 e. The van der Waals surface area contributed by atoms with Crippen molar-refractivity contribution in [3.05, 3.63) is 119 Å². The number of amides is 5. The summed E-state index contributed by atoms with van der Waals surface area (Å²) in [5.74, 6) is -3.02. The molecule has 2 unspecified atom stereocenters. The fraction of sp³-hybridized carbons (Fsp3) is 0.523. The maximum Gasteiger partial charge on any atom is 0.501 e. The highest BCUT2D eigenvalue weighted by Crippen LogP contribution is 2.79. The molecule has 4 aromatic rings. The van der Waals surface area contributed by atoms with E-state index < -0.39 is 94.3 Å². The molecule has 2 atom stereocenters. The minimum Gasteiger partial charge on any atom is -0.384 e. The Kier molecular flexibility index (Phi) is 19.2. The van der Waals surface area contributed by atoms with Crippen LogP contribution in [0.4, 0.5) is 39.0 Å². The molecule has 0 spiro atoms. The molecule has 5 amide bonds. The number of piperazine rings is 2. The predicted molar refractivity (Wildman–Crippen MR) is 336 cm³/mol. The molecular formula is C65H78F5N9O9S3. The number of thioether (sulfide) groups is 1. The molecule has 0 aromatic heterocycles. The zero-order valence-electron chi connectivity index (χ0n) is 51.1. The molecule has 91 heavy (non-hydrogen) atoms. The molecule has 4 N–H and O–H groups in total. The first-order valence-electron chi connectivity index (χ1n) is 31.3. The van der Waals surface area contributed by atoms with Gasteiger partial charge in [-0.15, -0.1) is 11.8 Å². The number of rotatable bonds is 25. The van der Waals surface area contributed by atoms with Crippen LogP contribution >= 0.6 is 11.8 Å². The number of carbonyl (C=O) groups excluding carboxylic acids is 5. The van der Waals surface area contributed by atoms with Gasteiger partial charge in [0.05, 0.1) is 21.7 Å². The van der Waals surface area contributed by atoms with Crippen LogP contribution in [0.25, 0.3) is 0 Å². The first-order chi connectivity index (χ1) is 43.2. The number of sulfonamides is 1. The monoisotopic (exact) mass is 1320 g/mol. The number of unbranched alkanes of at least 4 members (excludes halogenated alkanes) is 2. The van der Waals surface area contributed by atoms with Gasteiger partial charge < -0.3 is 25.3 Å². The van der Waals surface area contributed by atoms with Gasteiger partial charge in [0.25, 0.3) is 37.6 Å². The summed E-state index contributed by atoms with van der Waals surface area (Å²) in [5.41, 5.74) is -2.51. The van der Waals surface area contributed by atoms with Crippen LogP contribution in [0.5, 0.6) is 0 Å². The molecule has 18 nitrogen and oxygen atoms in total. The van der Waals surface area contributed by atoms with E-state index in [0.29, 0.717) is 82.5 Å². The van der Waals surface area contributed by atoms with Crippen LogP contribution in [-0.2, 0) is 29.4 Å². The summed E-state index contributed by atoms with van der Waals surface area (Å²) in [5, 5.41) is 8.54. The van der Waals surface area contributed by atoms with Crippen molar-refractivity contribution in [2.45, 2.75) is 130 Å². The molecule has 4 aromatic carbocycles. The van der Waals surface area contributed by atoms with Gasteiger partial charge in [0.15, 0.2) is 0 Å². The molecule has 4 aliphatic heterocycles. The maximum atomic E-state index is 14.5. The lowest BCUT2D eigenvalue weighted by atomic mass is 9.32. The predicted octanol–water partition coefficient (Wildman–Crippen LogP) is 9.43. The highest BCUT2D eigenvalue weighted by atomic mass is 32.2. The van der Waals surface area contributed by atoms with Crippen molar-refractivity contribution in [1.82, 2.24) is 29.6 Å². The summed E-state index contributed by atoms with van der Waals surface area (Å²) in [6.45, 7) is 13.0.